The van der Waals surface area contributed by atoms with Crippen LogP contribution in [0.3, 0.4) is 0 Å². The summed E-state index contributed by atoms with van der Waals surface area (Å²) in [5.74, 6) is 7.86. The van der Waals surface area contributed by atoms with Gasteiger partial charge < -0.3 is 4.90 Å². The van der Waals surface area contributed by atoms with E-state index >= 15 is 0 Å². The zero-order valence-corrected chi connectivity index (χ0v) is 10.3. The van der Waals surface area contributed by atoms with Crippen LogP contribution in [0.2, 0.25) is 0 Å². The number of piperidine rings is 1. The number of nitrogens with two attached hydrogens (primary N) is 1. The first kappa shape index (κ1) is 12.3. The number of nitrogens with zero attached hydrogens (tertiary/aromatic N) is 2. The van der Waals surface area contributed by atoms with E-state index in [0.29, 0.717) is 5.92 Å². The summed E-state index contributed by atoms with van der Waals surface area (Å²) in [6, 6.07) is 0.283. The van der Waals surface area contributed by atoms with Crippen LogP contribution in [-0.4, -0.2) is 30.0 Å². The summed E-state index contributed by atoms with van der Waals surface area (Å²) in [6.07, 6.45) is 1.22. The SMILES string of the molecule is CC(C)N=C(NN)N1CCC(C)C(C)C1. The monoisotopic (exact) mass is 212 g/mol. The lowest BCUT2D eigenvalue weighted by molar-refractivity contribution is 0.199. The number of rotatable bonds is 1. The highest BCUT2D eigenvalue weighted by Gasteiger charge is 2.24. The molecule has 15 heavy (non-hydrogen) atoms. The first-order valence-electron chi connectivity index (χ1n) is 5.84. The molecule has 0 aliphatic carbocycles. The van der Waals surface area contributed by atoms with Gasteiger partial charge in [0.25, 0.3) is 0 Å². The molecule has 4 nitrogen and oxygen atoms in total. The molecule has 3 N–H and O–H groups in total. The second kappa shape index (κ2) is 5.35. The topological polar surface area (TPSA) is 53.6 Å². The molecule has 4 heteroatoms. The highest BCUT2D eigenvalue weighted by atomic mass is 15.4. The minimum atomic E-state index is 0.283. The van der Waals surface area contributed by atoms with Crippen molar-refractivity contribution in [1.82, 2.24) is 10.3 Å². The molecule has 0 aromatic carbocycles. The van der Waals surface area contributed by atoms with Crippen LogP contribution >= 0.6 is 0 Å². The van der Waals surface area contributed by atoms with Crippen LogP contribution in [0, 0.1) is 11.8 Å². The molecule has 1 saturated heterocycles. The number of hydrogen-bond acceptors (Lipinski definition) is 2. The highest BCUT2D eigenvalue weighted by molar-refractivity contribution is 5.79. The maximum absolute atomic E-state index is 5.51. The van der Waals surface area contributed by atoms with Gasteiger partial charge in [-0.2, -0.15) is 0 Å². The summed E-state index contributed by atoms with van der Waals surface area (Å²) < 4.78 is 0. The van der Waals surface area contributed by atoms with Crippen LogP contribution in [0.1, 0.15) is 34.1 Å². The summed E-state index contributed by atoms with van der Waals surface area (Å²) in [4.78, 5) is 6.74. The number of guanidine groups is 1. The van der Waals surface area contributed by atoms with E-state index in [-0.39, 0.29) is 6.04 Å². The van der Waals surface area contributed by atoms with Crippen LogP contribution in [0.15, 0.2) is 4.99 Å². The zero-order valence-electron chi connectivity index (χ0n) is 10.3. The van der Waals surface area contributed by atoms with Gasteiger partial charge in [-0.05, 0) is 32.1 Å². The third-order valence-electron chi connectivity index (χ3n) is 3.14. The Bertz CT molecular complexity index is 225. The van der Waals surface area contributed by atoms with E-state index in [1.54, 1.807) is 0 Å². The average molecular weight is 212 g/mol. The second-order valence-electron chi connectivity index (χ2n) is 4.88. The standard InChI is InChI=1S/C11H24N4/c1-8(2)13-11(14-12)15-6-5-9(3)10(4)7-15/h8-10H,5-7,12H2,1-4H3,(H,13,14). The Hall–Kier alpha value is -0.770. The van der Waals surface area contributed by atoms with E-state index < -0.39 is 0 Å². The van der Waals surface area contributed by atoms with Crippen molar-refractivity contribution in [3.8, 4) is 0 Å². The summed E-state index contributed by atoms with van der Waals surface area (Å²) in [7, 11) is 0. The van der Waals surface area contributed by atoms with Crippen LogP contribution < -0.4 is 11.3 Å². The Kier molecular flexibility index (Phi) is 4.39. The Morgan fingerprint density at radius 2 is 2.07 bits per heavy atom. The molecule has 1 aliphatic rings. The van der Waals surface area contributed by atoms with Gasteiger partial charge in [-0.3, -0.25) is 5.43 Å². The minimum absolute atomic E-state index is 0.283. The normalized spacial score (nSPS) is 28.4. The predicted molar refractivity (Wildman–Crippen MR) is 64.4 cm³/mol. The second-order valence-corrected chi connectivity index (χ2v) is 4.88. The van der Waals surface area contributed by atoms with Crippen molar-refractivity contribution >= 4 is 5.96 Å². The van der Waals surface area contributed by atoms with Crippen LogP contribution in [-0.2, 0) is 0 Å². The third-order valence-corrected chi connectivity index (χ3v) is 3.14. The van der Waals surface area contributed by atoms with E-state index in [4.69, 9.17) is 5.84 Å². The molecule has 1 rings (SSSR count). The molecule has 0 aromatic rings. The van der Waals surface area contributed by atoms with Crippen LogP contribution in [0.4, 0.5) is 0 Å². The van der Waals surface area contributed by atoms with E-state index in [1.807, 2.05) is 0 Å². The van der Waals surface area contributed by atoms with Crippen LogP contribution in [0.25, 0.3) is 0 Å². The van der Waals surface area contributed by atoms with Crippen molar-refractivity contribution in [2.24, 2.45) is 22.7 Å². The summed E-state index contributed by atoms with van der Waals surface area (Å²) >= 11 is 0. The van der Waals surface area contributed by atoms with Gasteiger partial charge in [0.05, 0.1) is 0 Å². The first-order valence-corrected chi connectivity index (χ1v) is 5.84. The van der Waals surface area contributed by atoms with Crippen molar-refractivity contribution in [3.63, 3.8) is 0 Å². The fraction of sp³-hybridized carbons (Fsp3) is 0.909. The number of hydrazine groups is 1. The number of aliphatic imine (C=N–C) groups is 1. The molecule has 0 saturated carbocycles. The molecule has 0 spiro atoms. The van der Waals surface area contributed by atoms with E-state index in [1.165, 1.54) is 6.42 Å². The van der Waals surface area contributed by atoms with Gasteiger partial charge in [-0.1, -0.05) is 13.8 Å². The molecule has 0 aromatic heterocycles. The average Bonchev–Trinajstić information content (AvgIpc) is 2.18. The number of likely N-dealkylation sites (tertiary alicyclic amines) is 1. The predicted octanol–water partition coefficient (Wildman–Crippen LogP) is 1.19. The molecule has 88 valence electrons. The largest absolute Gasteiger partial charge is 0.342 e. The maximum Gasteiger partial charge on any atom is 0.208 e. The quantitative estimate of drug-likeness (QED) is 0.297. The molecule has 2 atom stereocenters. The summed E-state index contributed by atoms with van der Waals surface area (Å²) in [6.45, 7) is 10.8. The molecule has 0 bridgehead atoms. The van der Waals surface area contributed by atoms with Gasteiger partial charge in [0, 0.05) is 19.1 Å². The molecular formula is C11H24N4. The third kappa shape index (κ3) is 3.38. The number of hydrogen-bond donors (Lipinski definition) is 2. The molecule has 1 aliphatic heterocycles. The molecule has 0 radical (unpaired) electrons. The molecule has 2 unspecified atom stereocenters. The molecule has 0 amide bonds. The highest BCUT2D eigenvalue weighted by Crippen LogP contribution is 2.22. The molecular weight excluding hydrogens is 188 g/mol. The van der Waals surface area contributed by atoms with Gasteiger partial charge in [0.2, 0.25) is 5.96 Å². The van der Waals surface area contributed by atoms with E-state index in [0.717, 1.165) is 25.0 Å². The van der Waals surface area contributed by atoms with E-state index in [2.05, 4.69) is 43.0 Å². The first-order chi connectivity index (χ1) is 7.04. The summed E-state index contributed by atoms with van der Waals surface area (Å²) in [5, 5.41) is 0. The number of nitrogens with one attached hydrogen (secondary N) is 1. The van der Waals surface area contributed by atoms with Gasteiger partial charge >= 0.3 is 0 Å². The van der Waals surface area contributed by atoms with Crippen molar-refractivity contribution in [1.29, 1.82) is 0 Å². The van der Waals surface area contributed by atoms with Gasteiger partial charge in [-0.25, -0.2) is 10.8 Å². The zero-order chi connectivity index (χ0) is 11.4. The molecule has 1 heterocycles. The van der Waals surface area contributed by atoms with Gasteiger partial charge in [-0.15, -0.1) is 0 Å². The van der Waals surface area contributed by atoms with Gasteiger partial charge in [0.1, 0.15) is 0 Å². The Morgan fingerprint density at radius 3 is 2.53 bits per heavy atom. The van der Waals surface area contributed by atoms with Crippen molar-refractivity contribution in [2.45, 2.75) is 40.2 Å². The fourth-order valence-corrected chi connectivity index (χ4v) is 1.91. The minimum Gasteiger partial charge on any atom is -0.342 e. The van der Waals surface area contributed by atoms with Crippen molar-refractivity contribution < 1.29 is 0 Å². The van der Waals surface area contributed by atoms with E-state index in [9.17, 15) is 0 Å². The molecule has 1 fully saturated rings. The van der Waals surface area contributed by atoms with Crippen molar-refractivity contribution in [3.05, 3.63) is 0 Å². The Labute approximate surface area is 92.9 Å². The Balaban J connectivity index is 2.62. The maximum atomic E-state index is 5.51. The van der Waals surface area contributed by atoms with Gasteiger partial charge in [0.15, 0.2) is 0 Å². The lowest BCUT2D eigenvalue weighted by Gasteiger charge is -2.36. The lowest BCUT2D eigenvalue weighted by atomic mass is 9.89. The lowest BCUT2D eigenvalue weighted by Crippen LogP contribution is -2.50. The smallest absolute Gasteiger partial charge is 0.208 e. The fourth-order valence-electron chi connectivity index (χ4n) is 1.91. The van der Waals surface area contributed by atoms with Crippen LogP contribution in [0.5, 0.6) is 0 Å². The van der Waals surface area contributed by atoms with Crippen molar-refractivity contribution in [2.75, 3.05) is 13.1 Å². The Morgan fingerprint density at radius 1 is 1.40 bits per heavy atom. The summed E-state index contributed by atoms with van der Waals surface area (Å²) in [5.41, 5.74) is 2.71.